The Hall–Kier alpha value is -3.54. The van der Waals surface area contributed by atoms with Gasteiger partial charge in [0, 0.05) is 24.3 Å². The predicted octanol–water partition coefficient (Wildman–Crippen LogP) is 5.40. The van der Waals surface area contributed by atoms with Gasteiger partial charge in [0.15, 0.2) is 6.61 Å². The van der Waals surface area contributed by atoms with Crippen LogP contribution in [0.25, 0.3) is 0 Å². The number of amides is 3. The molecule has 0 aromatic heterocycles. The number of nitrogens with zero attached hydrogens (tertiary/aromatic N) is 1. The van der Waals surface area contributed by atoms with Gasteiger partial charge >= 0.3 is 12.3 Å². The smallest absolute Gasteiger partial charge is 0.416 e. The zero-order chi connectivity index (χ0) is 29.0. The van der Waals surface area contributed by atoms with Crippen molar-refractivity contribution in [2.75, 3.05) is 18.5 Å². The number of halogens is 5. The number of hydrogen-bond donors (Lipinski definition) is 2. The summed E-state index contributed by atoms with van der Waals surface area (Å²) in [5, 5.41) is 5.05. The van der Waals surface area contributed by atoms with Crippen LogP contribution >= 0.6 is 11.6 Å². The maximum absolute atomic E-state index is 13.6. The molecule has 0 aliphatic carbocycles. The van der Waals surface area contributed by atoms with Gasteiger partial charge in [-0.3, -0.25) is 14.5 Å². The normalized spacial score (nSPS) is 17.8. The fraction of sp³-hybridized carbons (Fsp3) is 0.423. The largest absolute Gasteiger partial charge is 0.484 e. The van der Waals surface area contributed by atoms with Crippen molar-refractivity contribution in [3.8, 4) is 5.75 Å². The van der Waals surface area contributed by atoms with Gasteiger partial charge < -0.3 is 20.1 Å². The van der Waals surface area contributed by atoms with Gasteiger partial charge in [0.1, 0.15) is 23.2 Å². The van der Waals surface area contributed by atoms with Crippen LogP contribution in [0.3, 0.4) is 0 Å². The summed E-state index contributed by atoms with van der Waals surface area (Å²) in [6.07, 6.45) is -5.04. The first-order chi connectivity index (χ1) is 18.1. The van der Waals surface area contributed by atoms with E-state index in [1.54, 1.807) is 20.8 Å². The van der Waals surface area contributed by atoms with Crippen molar-refractivity contribution in [1.82, 2.24) is 10.2 Å². The Morgan fingerprint density at radius 1 is 1.08 bits per heavy atom. The molecule has 2 aromatic rings. The summed E-state index contributed by atoms with van der Waals surface area (Å²) >= 11 is 5.63. The molecule has 1 saturated heterocycles. The highest BCUT2D eigenvalue weighted by molar-refractivity contribution is 6.30. The Bertz CT molecular complexity index is 1220. The summed E-state index contributed by atoms with van der Waals surface area (Å²) in [6.45, 7) is 4.38. The summed E-state index contributed by atoms with van der Waals surface area (Å²) < 4.78 is 63.5. The molecule has 3 amide bonds. The zero-order valence-electron chi connectivity index (χ0n) is 21.4. The fourth-order valence-electron chi connectivity index (χ4n) is 3.87. The predicted molar refractivity (Wildman–Crippen MR) is 135 cm³/mol. The molecule has 2 atom stereocenters. The Morgan fingerprint density at radius 2 is 1.79 bits per heavy atom. The lowest BCUT2D eigenvalue weighted by molar-refractivity contribution is -0.137. The van der Waals surface area contributed by atoms with E-state index < -0.39 is 59.8 Å². The van der Waals surface area contributed by atoms with Crippen molar-refractivity contribution in [2.45, 2.75) is 57.5 Å². The van der Waals surface area contributed by atoms with Gasteiger partial charge in [-0.25, -0.2) is 9.18 Å². The highest BCUT2D eigenvalue weighted by Crippen LogP contribution is 2.31. The standard InChI is InChI=1S/C26H28ClF4N3O5/c1-25(2,3)39-24(37)34-13-17(32-22(35)14-38-18-8-9-19(27)20(28)12-18)7-10-21(34)23(36)33-16-6-4-5-15(11-16)26(29,30)31/h4-6,8-9,11-12,17,21H,7,10,13-14H2,1-3H3,(H,32,35)(H,33,36)/t17-,21+/m0/s1. The van der Waals surface area contributed by atoms with Gasteiger partial charge in [-0.15, -0.1) is 0 Å². The molecule has 13 heteroatoms. The molecule has 39 heavy (non-hydrogen) atoms. The summed E-state index contributed by atoms with van der Waals surface area (Å²) in [4.78, 5) is 39.6. The molecule has 0 saturated carbocycles. The topological polar surface area (TPSA) is 97.0 Å². The van der Waals surface area contributed by atoms with Gasteiger partial charge in [-0.05, 0) is 63.9 Å². The van der Waals surface area contributed by atoms with Gasteiger partial charge in [0.05, 0.1) is 10.6 Å². The molecule has 1 fully saturated rings. The minimum absolute atomic E-state index is 0.0785. The Labute approximate surface area is 227 Å². The Kier molecular flexibility index (Phi) is 9.31. The first kappa shape index (κ1) is 30.0. The van der Waals surface area contributed by atoms with Gasteiger partial charge in [-0.1, -0.05) is 17.7 Å². The van der Waals surface area contributed by atoms with E-state index in [1.807, 2.05) is 0 Å². The lowest BCUT2D eigenvalue weighted by Crippen LogP contribution is -2.58. The molecule has 0 spiro atoms. The number of nitrogens with one attached hydrogen (secondary N) is 2. The minimum atomic E-state index is -4.59. The summed E-state index contributed by atoms with van der Waals surface area (Å²) in [5.41, 5.74) is -1.90. The number of alkyl halides is 3. The summed E-state index contributed by atoms with van der Waals surface area (Å²) in [6, 6.07) is 6.24. The molecule has 2 N–H and O–H groups in total. The van der Waals surface area contributed by atoms with E-state index in [9.17, 15) is 31.9 Å². The monoisotopic (exact) mass is 573 g/mol. The number of carbonyl (C=O) groups excluding carboxylic acids is 3. The second kappa shape index (κ2) is 12.1. The second-order valence-electron chi connectivity index (χ2n) is 9.92. The number of hydrogen-bond acceptors (Lipinski definition) is 5. The van der Waals surface area contributed by atoms with Crippen LogP contribution in [0, 0.1) is 5.82 Å². The van der Waals surface area contributed by atoms with Gasteiger partial charge in [0.2, 0.25) is 5.91 Å². The highest BCUT2D eigenvalue weighted by Gasteiger charge is 2.39. The van der Waals surface area contributed by atoms with Gasteiger partial charge in [-0.2, -0.15) is 13.2 Å². The second-order valence-corrected chi connectivity index (χ2v) is 10.3. The molecule has 8 nitrogen and oxygen atoms in total. The number of benzene rings is 2. The first-order valence-electron chi connectivity index (χ1n) is 12.0. The van der Waals surface area contributed by atoms with Gasteiger partial charge in [0.25, 0.3) is 5.91 Å². The van der Waals surface area contributed by atoms with E-state index in [0.717, 1.165) is 29.2 Å². The van der Waals surface area contributed by atoms with E-state index in [2.05, 4.69) is 10.6 Å². The third-order valence-electron chi connectivity index (χ3n) is 5.60. The molecule has 1 aliphatic heterocycles. The van der Waals surface area contributed by atoms with Crippen molar-refractivity contribution < 1.29 is 41.4 Å². The van der Waals surface area contributed by atoms with Crippen molar-refractivity contribution in [3.63, 3.8) is 0 Å². The molecule has 0 radical (unpaired) electrons. The SMILES string of the molecule is CC(C)(C)OC(=O)N1C[C@@H](NC(=O)COc2ccc(Cl)c(F)c2)CC[C@@H]1C(=O)Nc1cccc(C(F)(F)F)c1. The van der Waals surface area contributed by atoms with Crippen LogP contribution in [0.1, 0.15) is 39.2 Å². The number of anilines is 1. The molecule has 2 aromatic carbocycles. The molecule has 212 valence electrons. The number of likely N-dealkylation sites (tertiary alicyclic amines) is 1. The highest BCUT2D eigenvalue weighted by atomic mass is 35.5. The Balaban J connectivity index is 1.68. The number of carbonyl (C=O) groups is 3. The molecule has 0 unspecified atom stereocenters. The van der Waals surface area contributed by atoms with Crippen molar-refractivity contribution in [3.05, 3.63) is 58.9 Å². The zero-order valence-corrected chi connectivity index (χ0v) is 22.2. The minimum Gasteiger partial charge on any atom is -0.484 e. The third kappa shape index (κ3) is 8.74. The molecular weight excluding hydrogens is 546 g/mol. The van der Waals surface area contributed by atoms with Crippen LogP contribution in [-0.2, 0) is 20.5 Å². The van der Waals surface area contributed by atoms with Crippen LogP contribution in [0.15, 0.2) is 42.5 Å². The third-order valence-corrected chi connectivity index (χ3v) is 5.90. The average Bonchev–Trinajstić information content (AvgIpc) is 2.83. The van der Waals surface area contributed by atoms with E-state index >= 15 is 0 Å². The van der Waals surface area contributed by atoms with E-state index in [0.29, 0.717) is 0 Å². The maximum Gasteiger partial charge on any atom is 0.416 e. The van der Waals surface area contributed by atoms with Crippen molar-refractivity contribution in [2.24, 2.45) is 0 Å². The van der Waals surface area contributed by atoms with Crippen LogP contribution in [0.4, 0.5) is 28.0 Å². The Morgan fingerprint density at radius 3 is 2.44 bits per heavy atom. The quantitative estimate of drug-likeness (QED) is 0.451. The summed E-state index contributed by atoms with van der Waals surface area (Å²) in [7, 11) is 0. The molecular formula is C26H28ClF4N3O5. The van der Waals surface area contributed by atoms with E-state index in [4.69, 9.17) is 21.1 Å². The number of rotatable bonds is 6. The molecule has 1 aliphatic rings. The average molecular weight is 574 g/mol. The number of ether oxygens (including phenoxy) is 2. The first-order valence-corrected chi connectivity index (χ1v) is 12.3. The summed E-state index contributed by atoms with van der Waals surface area (Å²) in [5.74, 6) is -1.86. The maximum atomic E-state index is 13.6. The van der Waals surface area contributed by atoms with E-state index in [1.165, 1.54) is 18.2 Å². The fourth-order valence-corrected chi connectivity index (χ4v) is 3.98. The molecule has 1 heterocycles. The van der Waals surface area contributed by atoms with Crippen LogP contribution < -0.4 is 15.4 Å². The van der Waals surface area contributed by atoms with Crippen molar-refractivity contribution >= 4 is 35.2 Å². The van der Waals surface area contributed by atoms with Crippen LogP contribution in [0.5, 0.6) is 5.75 Å². The van der Waals surface area contributed by atoms with Crippen LogP contribution in [-0.4, -0.2) is 53.6 Å². The molecule has 3 rings (SSSR count). The van der Waals surface area contributed by atoms with Crippen molar-refractivity contribution in [1.29, 1.82) is 0 Å². The lowest BCUT2D eigenvalue weighted by Gasteiger charge is -2.39. The van der Waals surface area contributed by atoms with E-state index in [-0.39, 0.29) is 35.8 Å². The van der Waals surface area contributed by atoms with Crippen LogP contribution in [0.2, 0.25) is 5.02 Å². The lowest BCUT2D eigenvalue weighted by atomic mass is 9.97. The number of piperidine rings is 1. The molecule has 0 bridgehead atoms.